The lowest BCUT2D eigenvalue weighted by Crippen LogP contribution is -2.29. The van der Waals surface area contributed by atoms with Crippen LogP contribution < -0.4 is 4.90 Å². The van der Waals surface area contributed by atoms with E-state index in [9.17, 15) is 0 Å². The molecule has 1 N–H and O–H groups in total. The minimum absolute atomic E-state index is 0.264. The molecule has 2 heteroatoms. The van der Waals surface area contributed by atoms with E-state index in [1.165, 1.54) is 11.3 Å². The number of benzene rings is 1. The molecule has 0 saturated heterocycles. The number of aliphatic hydroxyl groups is 1. The molecule has 0 heterocycles. The van der Waals surface area contributed by atoms with Crippen LogP contribution in [0.5, 0.6) is 0 Å². The fraction of sp³-hybridized carbons (Fsp3) is 0.571. The summed E-state index contributed by atoms with van der Waals surface area (Å²) in [5, 5.41) is 8.94. The van der Waals surface area contributed by atoms with E-state index in [1.807, 2.05) is 0 Å². The Bertz CT molecular complexity index is 309. The molecule has 0 radical (unpaired) electrons. The van der Waals surface area contributed by atoms with Crippen LogP contribution in [0.15, 0.2) is 24.3 Å². The van der Waals surface area contributed by atoms with Crippen molar-refractivity contribution in [3.05, 3.63) is 29.8 Å². The Kier molecular flexibility index (Phi) is 5.33. The maximum absolute atomic E-state index is 8.94. The third-order valence-electron chi connectivity index (χ3n) is 2.63. The molecule has 0 bridgehead atoms. The van der Waals surface area contributed by atoms with Gasteiger partial charge in [-0.15, -0.1) is 0 Å². The van der Waals surface area contributed by atoms with Gasteiger partial charge in [0.1, 0.15) is 0 Å². The van der Waals surface area contributed by atoms with Crippen molar-refractivity contribution >= 4 is 5.69 Å². The first-order valence-electron chi connectivity index (χ1n) is 6.06. The highest BCUT2D eigenvalue weighted by atomic mass is 16.3. The zero-order chi connectivity index (χ0) is 12.0. The van der Waals surface area contributed by atoms with E-state index in [0.29, 0.717) is 5.92 Å². The number of hydrogen-bond donors (Lipinski definition) is 1. The van der Waals surface area contributed by atoms with Gasteiger partial charge in [-0.2, -0.15) is 0 Å². The SMILES string of the molecule is Cc1ccccc1N(CCCO)CC(C)C. The molecular weight excluding hydrogens is 198 g/mol. The van der Waals surface area contributed by atoms with Crippen molar-refractivity contribution in [2.24, 2.45) is 5.92 Å². The molecule has 0 aliphatic heterocycles. The molecular formula is C14H23NO. The van der Waals surface area contributed by atoms with Gasteiger partial charge in [0, 0.05) is 25.4 Å². The topological polar surface area (TPSA) is 23.5 Å². The number of anilines is 1. The number of nitrogens with zero attached hydrogens (tertiary/aromatic N) is 1. The van der Waals surface area contributed by atoms with Crippen LogP contribution >= 0.6 is 0 Å². The molecule has 0 spiro atoms. The quantitative estimate of drug-likeness (QED) is 0.798. The van der Waals surface area contributed by atoms with E-state index in [1.54, 1.807) is 0 Å². The first-order chi connectivity index (χ1) is 7.65. The van der Waals surface area contributed by atoms with Gasteiger partial charge in [-0.05, 0) is 30.9 Å². The van der Waals surface area contributed by atoms with Crippen molar-refractivity contribution in [3.63, 3.8) is 0 Å². The summed E-state index contributed by atoms with van der Waals surface area (Å²) in [7, 11) is 0. The second-order valence-corrected chi connectivity index (χ2v) is 4.70. The minimum atomic E-state index is 0.264. The predicted octanol–water partition coefficient (Wildman–Crippen LogP) is 2.84. The van der Waals surface area contributed by atoms with Crippen LogP contribution in [-0.2, 0) is 0 Å². The molecule has 1 rings (SSSR count). The number of aliphatic hydroxyl groups excluding tert-OH is 1. The van der Waals surface area contributed by atoms with E-state index in [-0.39, 0.29) is 6.61 Å². The molecule has 1 aromatic carbocycles. The van der Waals surface area contributed by atoms with Crippen molar-refractivity contribution < 1.29 is 5.11 Å². The summed E-state index contributed by atoms with van der Waals surface area (Å²) in [5.74, 6) is 0.637. The van der Waals surface area contributed by atoms with Gasteiger partial charge in [0.15, 0.2) is 0 Å². The predicted molar refractivity (Wildman–Crippen MR) is 69.9 cm³/mol. The van der Waals surface area contributed by atoms with Gasteiger partial charge in [-0.1, -0.05) is 32.0 Å². The van der Waals surface area contributed by atoms with Crippen molar-refractivity contribution in [3.8, 4) is 0 Å². The lowest BCUT2D eigenvalue weighted by molar-refractivity contribution is 0.289. The van der Waals surface area contributed by atoms with Gasteiger partial charge in [0.05, 0.1) is 0 Å². The molecule has 0 unspecified atom stereocenters. The Labute approximate surface area is 98.9 Å². The zero-order valence-electron chi connectivity index (χ0n) is 10.6. The summed E-state index contributed by atoms with van der Waals surface area (Å²) in [6.07, 6.45) is 0.834. The smallest absolute Gasteiger partial charge is 0.0447 e. The molecule has 0 aliphatic rings. The number of hydrogen-bond acceptors (Lipinski definition) is 2. The highest BCUT2D eigenvalue weighted by Crippen LogP contribution is 2.20. The van der Waals surface area contributed by atoms with Gasteiger partial charge in [0.25, 0.3) is 0 Å². The minimum Gasteiger partial charge on any atom is -0.396 e. The lowest BCUT2D eigenvalue weighted by atomic mass is 10.1. The second-order valence-electron chi connectivity index (χ2n) is 4.70. The Morgan fingerprint density at radius 2 is 1.94 bits per heavy atom. The van der Waals surface area contributed by atoms with Crippen LogP contribution in [0.25, 0.3) is 0 Å². The van der Waals surface area contributed by atoms with Gasteiger partial charge in [0.2, 0.25) is 0 Å². The third-order valence-corrected chi connectivity index (χ3v) is 2.63. The van der Waals surface area contributed by atoms with Crippen molar-refractivity contribution in [2.75, 3.05) is 24.6 Å². The highest BCUT2D eigenvalue weighted by Gasteiger charge is 2.09. The second kappa shape index (κ2) is 6.54. The zero-order valence-corrected chi connectivity index (χ0v) is 10.6. The molecule has 0 aromatic heterocycles. The third kappa shape index (κ3) is 3.86. The number of aryl methyl sites for hydroxylation is 1. The number of rotatable bonds is 6. The van der Waals surface area contributed by atoms with Crippen LogP contribution in [0.4, 0.5) is 5.69 Å². The van der Waals surface area contributed by atoms with Gasteiger partial charge >= 0.3 is 0 Å². The van der Waals surface area contributed by atoms with Crippen LogP contribution in [0.2, 0.25) is 0 Å². The van der Waals surface area contributed by atoms with Crippen LogP contribution in [0.3, 0.4) is 0 Å². The average Bonchev–Trinajstić information content (AvgIpc) is 2.24. The first kappa shape index (κ1) is 13.0. The highest BCUT2D eigenvalue weighted by molar-refractivity contribution is 5.52. The van der Waals surface area contributed by atoms with E-state index < -0.39 is 0 Å². The fourth-order valence-electron chi connectivity index (χ4n) is 1.93. The Balaban J connectivity index is 2.78. The standard InChI is InChI=1S/C14H23NO/c1-12(2)11-15(9-6-10-16)14-8-5-4-7-13(14)3/h4-5,7-8,12,16H,6,9-11H2,1-3H3. The van der Waals surface area contributed by atoms with E-state index >= 15 is 0 Å². The molecule has 0 fully saturated rings. The monoisotopic (exact) mass is 221 g/mol. The summed E-state index contributed by atoms with van der Waals surface area (Å²) in [4.78, 5) is 2.37. The molecule has 0 saturated carbocycles. The fourth-order valence-corrected chi connectivity index (χ4v) is 1.93. The maximum Gasteiger partial charge on any atom is 0.0447 e. The summed E-state index contributed by atoms with van der Waals surface area (Å²) in [5.41, 5.74) is 2.60. The van der Waals surface area contributed by atoms with Gasteiger partial charge in [-0.25, -0.2) is 0 Å². The Morgan fingerprint density at radius 3 is 2.50 bits per heavy atom. The van der Waals surface area contributed by atoms with E-state index in [0.717, 1.165) is 19.5 Å². The molecule has 0 atom stereocenters. The molecule has 16 heavy (non-hydrogen) atoms. The lowest BCUT2D eigenvalue weighted by Gasteiger charge is -2.28. The summed E-state index contributed by atoms with van der Waals surface area (Å²) in [6.45, 7) is 8.83. The Hall–Kier alpha value is -1.02. The maximum atomic E-state index is 8.94. The summed E-state index contributed by atoms with van der Waals surface area (Å²) < 4.78 is 0. The van der Waals surface area contributed by atoms with Crippen LogP contribution in [-0.4, -0.2) is 24.8 Å². The van der Waals surface area contributed by atoms with E-state index in [2.05, 4.69) is 49.9 Å². The van der Waals surface area contributed by atoms with E-state index in [4.69, 9.17) is 5.11 Å². The van der Waals surface area contributed by atoms with Crippen molar-refractivity contribution in [1.29, 1.82) is 0 Å². The molecule has 2 nitrogen and oxygen atoms in total. The molecule has 0 amide bonds. The average molecular weight is 221 g/mol. The molecule has 0 aliphatic carbocycles. The summed E-state index contributed by atoms with van der Waals surface area (Å²) in [6, 6.07) is 8.45. The van der Waals surface area contributed by atoms with Crippen molar-refractivity contribution in [1.82, 2.24) is 0 Å². The normalized spacial score (nSPS) is 10.8. The molecule has 90 valence electrons. The molecule has 1 aromatic rings. The summed E-state index contributed by atoms with van der Waals surface area (Å²) >= 11 is 0. The van der Waals surface area contributed by atoms with Crippen molar-refractivity contribution in [2.45, 2.75) is 27.2 Å². The van der Waals surface area contributed by atoms with Crippen LogP contribution in [0.1, 0.15) is 25.8 Å². The first-order valence-corrected chi connectivity index (χ1v) is 6.06. The van der Waals surface area contributed by atoms with Gasteiger partial charge in [-0.3, -0.25) is 0 Å². The van der Waals surface area contributed by atoms with Gasteiger partial charge < -0.3 is 10.0 Å². The number of para-hydroxylation sites is 1. The largest absolute Gasteiger partial charge is 0.396 e. The van der Waals surface area contributed by atoms with Crippen LogP contribution in [0, 0.1) is 12.8 Å². The Morgan fingerprint density at radius 1 is 1.25 bits per heavy atom.